The summed E-state index contributed by atoms with van der Waals surface area (Å²) in [6.45, 7) is 1.43. The van der Waals surface area contributed by atoms with Crippen LogP contribution in [0.3, 0.4) is 0 Å². The van der Waals surface area contributed by atoms with Gasteiger partial charge in [-0.2, -0.15) is 13.2 Å². The number of anilines is 1. The summed E-state index contributed by atoms with van der Waals surface area (Å²) < 4.78 is 36.3. The number of rotatable bonds is 7. The number of nitrogens with one attached hydrogen (secondary N) is 1. The molecule has 118 valence electrons. The van der Waals surface area contributed by atoms with Crippen molar-refractivity contribution in [2.45, 2.75) is 19.5 Å². The zero-order valence-corrected chi connectivity index (χ0v) is 11.9. The highest BCUT2D eigenvalue weighted by atomic mass is 19.4. The number of hydrogen-bond donors (Lipinski definition) is 2. The van der Waals surface area contributed by atoms with Gasteiger partial charge in [0.1, 0.15) is 6.54 Å². The first-order chi connectivity index (χ1) is 9.81. The van der Waals surface area contributed by atoms with E-state index in [1.54, 1.807) is 4.90 Å². The summed E-state index contributed by atoms with van der Waals surface area (Å²) in [4.78, 5) is 13.4. The summed E-state index contributed by atoms with van der Waals surface area (Å²) in [5.74, 6) is -0.661. The smallest absolute Gasteiger partial charge is 0.362 e. The van der Waals surface area contributed by atoms with Crippen molar-refractivity contribution in [3.05, 3.63) is 29.8 Å². The summed E-state index contributed by atoms with van der Waals surface area (Å²) in [5.41, 5.74) is 7.27. The molecule has 0 aliphatic rings. The molecule has 21 heavy (non-hydrogen) atoms. The lowest BCUT2D eigenvalue weighted by atomic mass is 10.2. The van der Waals surface area contributed by atoms with Crippen LogP contribution in [0, 0.1) is 6.92 Å². The van der Waals surface area contributed by atoms with Crippen LogP contribution in [0.15, 0.2) is 24.3 Å². The molecule has 0 saturated carbocycles. The minimum Gasteiger partial charge on any atom is -0.362 e. The van der Waals surface area contributed by atoms with Gasteiger partial charge < -0.3 is 16.0 Å². The third-order valence-electron chi connectivity index (χ3n) is 2.82. The third-order valence-corrected chi connectivity index (χ3v) is 2.82. The van der Waals surface area contributed by atoms with Crippen LogP contribution in [0.5, 0.6) is 0 Å². The molecule has 0 saturated heterocycles. The molecule has 0 unspecified atom stereocenters. The van der Waals surface area contributed by atoms with Crippen molar-refractivity contribution in [1.29, 1.82) is 0 Å². The molecular weight excluding hydrogens is 283 g/mol. The molecule has 3 N–H and O–H groups in total. The average Bonchev–Trinajstić information content (AvgIpc) is 2.40. The van der Waals surface area contributed by atoms with Crippen LogP contribution in [0.2, 0.25) is 0 Å². The Kier molecular flexibility index (Phi) is 6.48. The molecule has 0 aliphatic carbocycles. The van der Waals surface area contributed by atoms with E-state index in [1.807, 2.05) is 36.5 Å². The Labute approximate surface area is 122 Å². The van der Waals surface area contributed by atoms with Crippen molar-refractivity contribution in [2.24, 2.45) is 5.73 Å². The lowest BCUT2D eigenvalue weighted by Crippen LogP contribution is -2.41. The second-order valence-electron chi connectivity index (χ2n) is 4.79. The molecule has 1 rings (SSSR count). The number of carbonyl (C=O) groups excluding carboxylic acids is 1. The fourth-order valence-electron chi connectivity index (χ4n) is 1.83. The van der Waals surface area contributed by atoms with Crippen LogP contribution in [-0.4, -0.2) is 38.3 Å². The van der Waals surface area contributed by atoms with E-state index < -0.39 is 18.6 Å². The molecule has 0 bridgehead atoms. The lowest BCUT2D eigenvalue weighted by molar-refractivity contribution is -0.137. The molecule has 4 nitrogen and oxygen atoms in total. The molecule has 7 heteroatoms. The van der Waals surface area contributed by atoms with Gasteiger partial charge in [0, 0.05) is 12.2 Å². The largest absolute Gasteiger partial charge is 0.405 e. The first kappa shape index (κ1) is 17.3. The first-order valence-corrected chi connectivity index (χ1v) is 6.67. The molecule has 1 aromatic rings. The van der Waals surface area contributed by atoms with E-state index in [0.29, 0.717) is 19.5 Å². The summed E-state index contributed by atoms with van der Waals surface area (Å²) in [6, 6.07) is 7.45. The Morgan fingerprint density at radius 3 is 2.67 bits per heavy atom. The van der Waals surface area contributed by atoms with Gasteiger partial charge in [-0.05, 0) is 37.6 Å². The zero-order chi connectivity index (χ0) is 15.9. The minimum atomic E-state index is -4.40. The maximum absolute atomic E-state index is 12.1. The van der Waals surface area contributed by atoms with E-state index in [-0.39, 0.29) is 6.54 Å². The molecule has 1 aromatic carbocycles. The van der Waals surface area contributed by atoms with Crippen LogP contribution in [0.1, 0.15) is 12.0 Å². The first-order valence-electron chi connectivity index (χ1n) is 6.67. The van der Waals surface area contributed by atoms with Crippen molar-refractivity contribution in [2.75, 3.05) is 31.1 Å². The number of alkyl halides is 3. The van der Waals surface area contributed by atoms with E-state index in [1.165, 1.54) is 0 Å². The molecule has 0 fully saturated rings. The number of aryl methyl sites for hydroxylation is 1. The Balaban J connectivity index is 2.68. The van der Waals surface area contributed by atoms with Crippen LogP contribution >= 0.6 is 0 Å². The van der Waals surface area contributed by atoms with Gasteiger partial charge in [0.05, 0.1) is 6.54 Å². The number of nitrogens with zero attached hydrogens (tertiary/aromatic N) is 1. The van der Waals surface area contributed by atoms with Crippen molar-refractivity contribution < 1.29 is 18.0 Å². The summed E-state index contributed by atoms with van der Waals surface area (Å²) in [7, 11) is 0. The highest BCUT2D eigenvalue weighted by molar-refractivity contribution is 5.81. The van der Waals surface area contributed by atoms with Gasteiger partial charge in [-0.15, -0.1) is 0 Å². The molecular formula is C14H20F3N3O. The van der Waals surface area contributed by atoms with Crippen LogP contribution < -0.4 is 16.0 Å². The molecule has 0 atom stereocenters. The van der Waals surface area contributed by atoms with Gasteiger partial charge in [-0.3, -0.25) is 4.79 Å². The topological polar surface area (TPSA) is 58.4 Å². The highest BCUT2D eigenvalue weighted by Crippen LogP contribution is 2.16. The van der Waals surface area contributed by atoms with E-state index in [9.17, 15) is 18.0 Å². The second-order valence-corrected chi connectivity index (χ2v) is 4.79. The van der Waals surface area contributed by atoms with Gasteiger partial charge in [0.2, 0.25) is 5.91 Å². The zero-order valence-electron chi connectivity index (χ0n) is 11.9. The predicted molar refractivity (Wildman–Crippen MR) is 76.1 cm³/mol. The number of halogens is 3. The highest BCUT2D eigenvalue weighted by Gasteiger charge is 2.27. The Morgan fingerprint density at radius 1 is 1.38 bits per heavy atom. The van der Waals surface area contributed by atoms with Crippen molar-refractivity contribution in [1.82, 2.24) is 5.32 Å². The van der Waals surface area contributed by atoms with Crippen LogP contribution in [0.4, 0.5) is 18.9 Å². The van der Waals surface area contributed by atoms with Crippen LogP contribution in [0.25, 0.3) is 0 Å². The molecule has 0 aliphatic heterocycles. The molecule has 0 aromatic heterocycles. The van der Waals surface area contributed by atoms with Crippen LogP contribution in [-0.2, 0) is 4.79 Å². The van der Waals surface area contributed by atoms with E-state index >= 15 is 0 Å². The number of amides is 1. The Morgan fingerprint density at radius 2 is 2.10 bits per heavy atom. The molecule has 0 spiro atoms. The van der Waals surface area contributed by atoms with E-state index in [2.05, 4.69) is 0 Å². The number of benzene rings is 1. The molecule has 0 heterocycles. The van der Waals surface area contributed by atoms with Gasteiger partial charge >= 0.3 is 6.18 Å². The van der Waals surface area contributed by atoms with E-state index in [0.717, 1.165) is 11.3 Å². The fourth-order valence-corrected chi connectivity index (χ4v) is 1.83. The monoisotopic (exact) mass is 303 g/mol. The maximum atomic E-state index is 12.1. The van der Waals surface area contributed by atoms with E-state index in [4.69, 9.17) is 5.73 Å². The van der Waals surface area contributed by atoms with Gasteiger partial charge in [0.25, 0.3) is 0 Å². The number of carbonyl (C=O) groups is 1. The Hall–Kier alpha value is -1.76. The standard InChI is InChI=1S/C14H20F3N3O/c1-11-4-2-5-12(8-11)20(7-3-6-18)9-13(21)19-10-14(15,16)17/h2,4-5,8H,3,6-7,9-10,18H2,1H3,(H,19,21). The van der Waals surface area contributed by atoms with Crippen molar-refractivity contribution in [3.63, 3.8) is 0 Å². The number of nitrogens with two attached hydrogens (primary N) is 1. The second kappa shape index (κ2) is 7.87. The maximum Gasteiger partial charge on any atom is 0.405 e. The van der Waals surface area contributed by atoms with Gasteiger partial charge in [-0.25, -0.2) is 0 Å². The predicted octanol–water partition coefficient (Wildman–Crippen LogP) is 1.83. The fraction of sp³-hybridized carbons (Fsp3) is 0.500. The normalized spacial score (nSPS) is 11.3. The quantitative estimate of drug-likeness (QED) is 0.808. The minimum absolute atomic E-state index is 0.125. The summed E-state index contributed by atoms with van der Waals surface area (Å²) in [5, 5.41) is 1.88. The van der Waals surface area contributed by atoms with Crippen molar-refractivity contribution in [3.8, 4) is 0 Å². The SMILES string of the molecule is Cc1cccc(N(CCCN)CC(=O)NCC(F)(F)F)c1. The third kappa shape index (κ3) is 6.99. The summed E-state index contributed by atoms with van der Waals surface area (Å²) in [6.07, 6.45) is -3.75. The average molecular weight is 303 g/mol. The van der Waals surface area contributed by atoms with Gasteiger partial charge in [0.15, 0.2) is 0 Å². The number of hydrogen-bond acceptors (Lipinski definition) is 3. The molecule has 1 amide bonds. The summed E-state index contributed by atoms with van der Waals surface area (Å²) >= 11 is 0. The van der Waals surface area contributed by atoms with Crippen molar-refractivity contribution >= 4 is 11.6 Å². The Bertz CT molecular complexity index is 463. The molecule has 0 radical (unpaired) electrons. The van der Waals surface area contributed by atoms with Gasteiger partial charge in [-0.1, -0.05) is 12.1 Å². The lowest BCUT2D eigenvalue weighted by Gasteiger charge is -2.24.